The number of amides is 4. The van der Waals surface area contributed by atoms with E-state index in [1.165, 1.54) is 52.7 Å². The first-order chi connectivity index (χ1) is 29.0. The van der Waals surface area contributed by atoms with E-state index in [-0.39, 0.29) is 49.6 Å². The third-order valence-corrected chi connectivity index (χ3v) is 15.2. The van der Waals surface area contributed by atoms with Crippen LogP contribution in [0.25, 0.3) is 10.4 Å². The Bertz CT molecular complexity index is 1960. The van der Waals surface area contributed by atoms with Crippen molar-refractivity contribution >= 4 is 57.6 Å². The van der Waals surface area contributed by atoms with Crippen LogP contribution in [0.15, 0.2) is 36.0 Å². The van der Waals surface area contributed by atoms with E-state index in [1.807, 2.05) is 75.5 Å². The van der Waals surface area contributed by atoms with Gasteiger partial charge in [-0.1, -0.05) is 64.3 Å². The third-order valence-electron chi connectivity index (χ3n) is 13.2. The summed E-state index contributed by atoms with van der Waals surface area (Å²) < 4.78 is 3.44. The van der Waals surface area contributed by atoms with E-state index in [0.29, 0.717) is 24.9 Å². The number of halogens is 1. The first kappa shape index (κ1) is 47.1. The average Bonchev–Trinajstić information content (AvgIpc) is 3.94. The largest absolute Gasteiger partial charge is 0.391 e. The van der Waals surface area contributed by atoms with Crippen molar-refractivity contribution in [3.63, 3.8) is 0 Å². The molecule has 4 heterocycles. The molecule has 334 valence electrons. The zero-order valence-corrected chi connectivity index (χ0v) is 40.0. The van der Waals surface area contributed by atoms with Gasteiger partial charge in [-0.2, -0.15) is 5.10 Å². The molecule has 0 radical (unpaired) electrons. The van der Waals surface area contributed by atoms with Crippen LogP contribution in [0.2, 0.25) is 0 Å². The molecule has 1 saturated carbocycles. The normalized spacial score (nSPS) is 20.7. The number of carbonyl (C=O) groups is 4. The smallest absolute Gasteiger partial charge is 0.246 e. The quantitative estimate of drug-likeness (QED) is 0.135. The van der Waals surface area contributed by atoms with Crippen LogP contribution in [0.1, 0.15) is 121 Å². The summed E-state index contributed by atoms with van der Waals surface area (Å²) in [5, 5.41) is 21.3. The van der Waals surface area contributed by atoms with Gasteiger partial charge in [0.1, 0.15) is 12.1 Å². The number of benzene rings is 1. The maximum Gasteiger partial charge on any atom is 0.246 e. The molecule has 3 aliphatic rings. The molecule has 3 fully saturated rings. The molecule has 3 aromatic rings. The number of aliphatic hydroxyl groups excluding tert-OH is 1. The Hall–Kier alpha value is -3.41. The topological polar surface area (TPSA) is 153 Å². The van der Waals surface area contributed by atoms with Crippen molar-refractivity contribution in [1.82, 2.24) is 40.1 Å². The zero-order chi connectivity index (χ0) is 43.9. The number of aliphatic hydroxyl groups is 1. The average molecular weight is 971 g/mol. The molecule has 6 rings (SSSR count). The van der Waals surface area contributed by atoms with Gasteiger partial charge in [0.2, 0.25) is 23.6 Å². The van der Waals surface area contributed by atoms with E-state index in [9.17, 15) is 24.3 Å². The molecule has 0 unspecified atom stereocenters. The Labute approximate surface area is 379 Å². The Morgan fingerprint density at radius 2 is 1.69 bits per heavy atom. The number of nitrogens with one attached hydrogen (secondary N) is 2. The molecule has 0 bridgehead atoms. The molecule has 1 aliphatic carbocycles. The highest BCUT2D eigenvalue weighted by Gasteiger charge is 2.45. The lowest BCUT2D eigenvalue weighted by Gasteiger charge is -2.39. The highest BCUT2D eigenvalue weighted by Crippen LogP contribution is 2.42. The molecule has 15 heteroatoms. The number of aromatic nitrogens is 3. The minimum absolute atomic E-state index is 0.00448. The Morgan fingerprint density at radius 1 is 0.984 bits per heavy atom. The van der Waals surface area contributed by atoms with Crippen LogP contribution in [0.5, 0.6) is 0 Å². The van der Waals surface area contributed by atoms with Gasteiger partial charge in [0.15, 0.2) is 0 Å². The first-order valence-corrected chi connectivity index (χ1v) is 24.3. The number of rotatable bonds is 16. The van der Waals surface area contributed by atoms with Gasteiger partial charge in [0, 0.05) is 64.2 Å². The summed E-state index contributed by atoms with van der Waals surface area (Å²) in [4.78, 5) is 65.6. The van der Waals surface area contributed by atoms with E-state index in [0.717, 1.165) is 54.3 Å². The van der Waals surface area contributed by atoms with Gasteiger partial charge in [-0.15, -0.1) is 11.3 Å². The molecule has 4 atom stereocenters. The maximum atomic E-state index is 14.1. The van der Waals surface area contributed by atoms with Crippen LogP contribution < -0.4 is 10.6 Å². The van der Waals surface area contributed by atoms with Gasteiger partial charge in [0.05, 0.1) is 38.0 Å². The predicted octanol–water partition coefficient (Wildman–Crippen LogP) is 6.64. The fraction of sp³-hybridized carbons (Fsp3) is 0.652. The van der Waals surface area contributed by atoms with Crippen molar-refractivity contribution in [1.29, 1.82) is 0 Å². The van der Waals surface area contributed by atoms with Crippen molar-refractivity contribution < 1.29 is 24.3 Å². The summed E-state index contributed by atoms with van der Waals surface area (Å²) in [5.41, 5.74) is 5.68. The second-order valence-corrected chi connectivity index (χ2v) is 20.9. The summed E-state index contributed by atoms with van der Waals surface area (Å²) >= 11 is 3.96. The number of hydrogen-bond donors (Lipinski definition) is 3. The predicted molar refractivity (Wildman–Crippen MR) is 248 cm³/mol. The zero-order valence-electron chi connectivity index (χ0n) is 37.1. The highest BCUT2D eigenvalue weighted by atomic mass is 127. The molecular formula is C46H67IN8O5S. The number of carbonyl (C=O) groups excluding carboxylic acids is 4. The van der Waals surface area contributed by atoms with Crippen LogP contribution in [0, 0.1) is 28.2 Å². The van der Waals surface area contributed by atoms with Crippen molar-refractivity contribution in [2.75, 3.05) is 39.3 Å². The molecule has 2 saturated heterocycles. The van der Waals surface area contributed by atoms with Crippen LogP contribution in [0.4, 0.5) is 0 Å². The molecule has 4 amide bonds. The fourth-order valence-corrected chi connectivity index (χ4v) is 10.6. The number of likely N-dealkylation sites (tertiary alicyclic amines) is 1. The van der Waals surface area contributed by atoms with Gasteiger partial charge in [-0.3, -0.25) is 28.8 Å². The lowest BCUT2D eigenvalue weighted by Crippen LogP contribution is -2.57. The molecular weight excluding hydrogens is 904 g/mol. The second kappa shape index (κ2) is 20.8. The first-order valence-electron chi connectivity index (χ1n) is 22.3. The molecule has 61 heavy (non-hydrogen) atoms. The standard InChI is InChI=1S/C46H67IN8O5S/c1-31(34-14-16-35(17-15-34)41-32(2)48-30-61-41)50-43(59)38-26-36(56)28-54(38)44(60)42(45(4,5)6)51-39(57)12-10-13-40(58)53-24-22-52(23-25-53)21-11-20-46(18-8-7-9-19-46)29-55-33(3)37(47)27-49-55/h14-17,27,30-31,36,38,42,56H,7-13,18-26,28-29H2,1-6H3,(H,50,59)(H,51,57)/t31-,36+,38-,42+/m0/s1. The monoisotopic (exact) mass is 970 g/mol. The summed E-state index contributed by atoms with van der Waals surface area (Å²) in [7, 11) is 0. The van der Waals surface area contributed by atoms with E-state index in [4.69, 9.17) is 0 Å². The Balaban J connectivity index is 0.933. The summed E-state index contributed by atoms with van der Waals surface area (Å²) in [5.74, 6) is -1.01. The van der Waals surface area contributed by atoms with E-state index >= 15 is 0 Å². The van der Waals surface area contributed by atoms with Gasteiger partial charge >= 0.3 is 0 Å². The van der Waals surface area contributed by atoms with E-state index in [2.05, 4.69) is 59.8 Å². The summed E-state index contributed by atoms with van der Waals surface area (Å²) in [6.45, 7) is 16.8. The SMILES string of the molecule is Cc1ncsc1-c1ccc([C@H](C)NC(=O)[C@@H]2C[C@@H](O)CN2C(=O)[C@@H](NC(=O)CCCC(=O)N2CCN(CCCC3(Cn4ncc(I)c4C)CCCCC3)CC2)C(C)(C)C)cc1. The molecule has 2 aliphatic heterocycles. The van der Waals surface area contributed by atoms with Crippen LogP contribution in [-0.4, -0.2) is 116 Å². The number of aryl methyl sites for hydroxylation is 1. The number of piperazine rings is 1. The van der Waals surface area contributed by atoms with E-state index < -0.39 is 29.5 Å². The van der Waals surface area contributed by atoms with Gasteiger partial charge in [-0.25, -0.2) is 4.98 Å². The summed E-state index contributed by atoms with van der Waals surface area (Å²) in [6, 6.07) is 5.85. The van der Waals surface area contributed by atoms with Gasteiger partial charge < -0.3 is 25.5 Å². The third kappa shape index (κ3) is 12.2. The van der Waals surface area contributed by atoms with Crippen LogP contribution >= 0.6 is 33.9 Å². The summed E-state index contributed by atoms with van der Waals surface area (Å²) in [6.07, 6.45) is 10.8. The Kier molecular flexibility index (Phi) is 16.1. The van der Waals surface area contributed by atoms with E-state index in [1.54, 1.807) is 11.3 Å². The van der Waals surface area contributed by atoms with Gasteiger partial charge in [0.25, 0.3) is 0 Å². The minimum Gasteiger partial charge on any atom is -0.391 e. The fourth-order valence-electron chi connectivity index (χ4n) is 9.40. The molecule has 2 aromatic heterocycles. The lowest BCUT2D eigenvalue weighted by atomic mass is 9.71. The number of β-amino-alcohol motifs (C(OH)–C–C–N with tert-alkyl or cyclic N) is 1. The number of nitrogens with zero attached hydrogens (tertiary/aromatic N) is 6. The lowest BCUT2D eigenvalue weighted by molar-refractivity contribution is -0.144. The molecule has 0 spiro atoms. The van der Waals surface area contributed by atoms with Crippen molar-refractivity contribution in [3.05, 3.63) is 56.5 Å². The number of thiazole rings is 1. The minimum atomic E-state index is -0.920. The Morgan fingerprint density at radius 3 is 2.31 bits per heavy atom. The molecule has 3 N–H and O–H groups in total. The highest BCUT2D eigenvalue weighted by molar-refractivity contribution is 14.1. The van der Waals surface area contributed by atoms with Crippen molar-refractivity contribution in [3.8, 4) is 10.4 Å². The van der Waals surface area contributed by atoms with Crippen molar-refractivity contribution in [2.24, 2.45) is 10.8 Å². The van der Waals surface area contributed by atoms with Gasteiger partial charge in [-0.05, 0) is 104 Å². The maximum absolute atomic E-state index is 14.1. The molecule has 13 nitrogen and oxygen atoms in total. The van der Waals surface area contributed by atoms with Crippen molar-refractivity contribution in [2.45, 2.75) is 143 Å². The van der Waals surface area contributed by atoms with Crippen LogP contribution in [-0.2, 0) is 25.7 Å². The van der Waals surface area contributed by atoms with Crippen LogP contribution in [0.3, 0.4) is 0 Å². The molecule has 1 aromatic carbocycles. The number of hydrogen-bond acceptors (Lipinski definition) is 9. The second-order valence-electron chi connectivity index (χ2n) is 18.9.